The van der Waals surface area contributed by atoms with Gasteiger partial charge in [0.2, 0.25) is 0 Å². The van der Waals surface area contributed by atoms with Gasteiger partial charge < -0.3 is 4.90 Å². The van der Waals surface area contributed by atoms with Crippen molar-refractivity contribution in [3.8, 4) is 11.1 Å². The van der Waals surface area contributed by atoms with E-state index < -0.39 is 0 Å². The first-order valence-corrected chi connectivity index (χ1v) is 6.82. The van der Waals surface area contributed by atoms with E-state index >= 15 is 0 Å². The third-order valence-corrected chi connectivity index (χ3v) is 3.70. The van der Waals surface area contributed by atoms with Gasteiger partial charge in [0, 0.05) is 18.8 Å². The van der Waals surface area contributed by atoms with Gasteiger partial charge in [0.1, 0.15) is 0 Å². The van der Waals surface area contributed by atoms with E-state index in [4.69, 9.17) is 0 Å². The molecule has 2 aromatic carbocycles. The minimum atomic E-state index is 1.17. The van der Waals surface area contributed by atoms with Crippen LogP contribution in [-0.4, -0.2) is 13.1 Å². The highest BCUT2D eigenvalue weighted by atomic mass is 15.1. The summed E-state index contributed by atoms with van der Waals surface area (Å²) in [5.74, 6) is 0. The molecule has 0 saturated carbocycles. The number of rotatable bonds is 3. The lowest BCUT2D eigenvalue weighted by molar-refractivity contribution is 0.797. The van der Waals surface area contributed by atoms with Gasteiger partial charge in [0.05, 0.1) is 0 Å². The van der Waals surface area contributed by atoms with Crippen LogP contribution in [0.15, 0.2) is 48.5 Å². The average molecular weight is 237 g/mol. The summed E-state index contributed by atoms with van der Waals surface area (Å²) < 4.78 is 0. The Morgan fingerprint density at radius 3 is 2.61 bits per heavy atom. The maximum absolute atomic E-state index is 2.52. The van der Waals surface area contributed by atoms with Crippen molar-refractivity contribution >= 4 is 5.69 Å². The molecule has 2 aromatic rings. The van der Waals surface area contributed by atoms with Crippen LogP contribution in [0.3, 0.4) is 0 Å². The van der Waals surface area contributed by atoms with E-state index in [0.717, 1.165) is 0 Å². The predicted octanol–water partition coefficient (Wildman–Crippen LogP) is 4.13. The zero-order valence-electron chi connectivity index (χ0n) is 10.9. The minimum absolute atomic E-state index is 1.17. The molecule has 18 heavy (non-hydrogen) atoms. The number of anilines is 1. The van der Waals surface area contributed by atoms with Crippen molar-refractivity contribution in [2.24, 2.45) is 0 Å². The standard InChI is InChI=1S/C17H19N/c1-2-12-18-13-11-16-15(9-6-10-17(16)18)14-7-4-3-5-8-14/h3-10H,2,11-13H2,1H3. The Balaban J connectivity index is 2.04. The Hall–Kier alpha value is -1.76. The maximum atomic E-state index is 2.52. The van der Waals surface area contributed by atoms with Crippen LogP contribution in [0.4, 0.5) is 5.69 Å². The van der Waals surface area contributed by atoms with Crippen molar-refractivity contribution in [2.75, 3.05) is 18.0 Å². The maximum Gasteiger partial charge on any atom is 0.0405 e. The molecule has 0 aromatic heterocycles. The van der Waals surface area contributed by atoms with Gasteiger partial charge in [-0.2, -0.15) is 0 Å². The van der Waals surface area contributed by atoms with E-state index in [-0.39, 0.29) is 0 Å². The smallest absolute Gasteiger partial charge is 0.0405 e. The summed E-state index contributed by atoms with van der Waals surface area (Å²) in [6, 6.07) is 17.4. The summed E-state index contributed by atoms with van der Waals surface area (Å²) in [4.78, 5) is 2.52. The Labute approximate surface area is 109 Å². The van der Waals surface area contributed by atoms with Crippen LogP contribution in [-0.2, 0) is 6.42 Å². The van der Waals surface area contributed by atoms with Crippen LogP contribution in [0.25, 0.3) is 11.1 Å². The quantitative estimate of drug-likeness (QED) is 0.776. The van der Waals surface area contributed by atoms with Gasteiger partial charge in [-0.15, -0.1) is 0 Å². The third kappa shape index (κ3) is 1.90. The number of fused-ring (bicyclic) bond motifs is 1. The van der Waals surface area contributed by atoms with Gasteiger partial charge in [-0.25, -0.2) is 0 Å². The van der Waals surface area contributed by atoms with Crippen molar-refractivity contribution in [1.82, 2.24) is 0 Å². The minimum Gasteiger partial charge on any atom is -0.371 e. The van der Waals surface area contributed by atoms with Crippen LogP contribution in [0, 0.1) is 0 Å². The van der Waals surface area contributed by atoms with Crippen molar-refractivity contribution in [1.29, 1.82) is 0 Å². The van der Waals surface area contributed by atoms with Crippen LogP contribution < -0.4 is 4.90 Å². The van der Waals surface area contributed by atoms with Gasteiger partial charge in [0.25, 0.3) is 0 Å². The van der Waals surface area contributed by atoms with Gasteiger partial charge in [-0.1, -0.05) is 49.4 Å². The highest BCUT2D eigenvalue weighted by Gasteiger charge is 2.20. The molecule has 0 spiro atoms. The van der Waals surface area contributed by atoms with E-state index in [2.05, 4.69) is 60.4 Å². The molecule has 1 aliphatic heterocycles. The molecule has 3 rings (SSSR count). The Morgan fingerprint density at radius 2 is 1.83 bits per heavy atom. The molecule has 1 aliphatic rings. The van der Waals surface area contributed by atoms with E-state index in [1.54, 1.807) is 0 Å². The monoisotopic (exact) mass is 237 g/mol. The summed E-state index contributed by atoms with van der Waals surface area (Å²) in [6.07, 6.45) is 2.40. The van der Waals surface area contributed by atoms with Gasteiger partial charge in [-0.3, -0.25) is 0 Å². The SMILES string of the molecule is CCCN1CCc2c(-c3ccccc3)cccc21. The van der Waals surface area contributed by atoms with Gasteiger partial charge >= 0.3 is 0 Å². The van der Waals surface area contributed by atoms with E-state index in [9.17, 15) is 0 Å². The first-order valence-electron chi connectivity index (χ1n) is 6.82. The molecule has 1 heterocycles. The molecule has 92 valence electrons. The van der Waals surface area contributed by atoms with Gasteiger partial charge in [-0.05, 0) is 35.6 Å². The number of benzene rings is 2. The summed E-state index contributed by atoms with van der Waals surface area (Å²) >= 11 is 0. The summed E-state index contributed by atoms with van der Waals surface area (Å²) in [7, 11) is 0. The third-order valence-electron chi connectivity index (χ3n) is 3.70. The molecule has 0 unspecified atom stereocenters. The molecule has 1 nitrogen and oxygen atoms in total. The lowest BCUT2D eigenvalue weighted by Gasteiger charge is -2.18. The second-order valence-corrected chi connectivity index (χ2v) is 4.91. The zero-order chi connectivity index (χ0) is 12.4. The molecular weight excluding hydrogens is 218 g/mol. The molecule has 0 saturated heterocycles. The van der Waals surface area contributed by atoms with Crippen LogP contribution in [0.5, 0.6) is 0 Å². The fraction of sp³-hybridized carbons (Fsp3) is 0.294. The molecule has 0 bridgehead atoms. The highest BCUT2D eigenvalue weighted by molar-refractivity contribution is 5.76. The van der Waals surface area contributed by atoms with E-state index in [0.29, 0.717) is 0 Å². The zero-order valence-corrected chi connectivity index (χ0v) is 10.9. The lowest BCUT2D eigenvalue weighted by atomic mass is 9.98. The summed E-state index contributed by atoms with van der Waals surface area (Å²) in [5.41, 5.74) is 5.72. The van der Waals surface area contributed by atoms with Crippen LogP contribution in [0.2, 0.25) is 0 Å². The first kappa shape index (κ1) is 11.3. The lowest BCUT2D eigenvalue weighted by Crippen LogP contribution is -2.20. The molecule has 0 amide bonds. The molecule has 1 heteroatoms. The fourth-order valence-electron chi connectivity index (χ4n) is 2.89. The van der Waals surface area contributed by atoms with Crippen LogP contribution >= 0.6 is 0 Å². The Morgan fingerprint density at radius 1 is 1.00 bits per heavy atom. The van der Waals surface area contributed by atoms with Crippen LogP contribution in [0.1, 0.15) is 18.9 Å². The predicted molar refractivity (Wildman–Crippen MR) is 78.1 cm³/mol. The Kier molecular flexibility index (Phi) is 3.06. The molecule has 0 fully saturated rings. The van der Waals surface area contributed by atoms with Gasteiger partial charge in [0.15, 0.2) is 0 Å². The van der Waals surface area contributed by atoms with E-state index in [1.807, 2.05) is 0 Å². The number of hydrogen-bond acceptors (Lipinski definition) is 1. The molecular formula is C17H19N. The summed E-state index contributed by atoms with van der Waals surface area (Å²) in [5, 5.41) is 0. The number of nitrogens with zero attached hydrogens (tertiary/aromatic N) is 1. The van der Waals surface area contributed by atoms with Crippen molar-refractivity contribution in [3.05, 3.63) is 54.1 Å². The number of hydrogen-bond donors (Lipinski definition) is 0. The first-order chi connectivity index (χ1) is 8.90. The van der Waals surface area contributed by atoms with Crippen molar-refractivity contribution in [3.63, 3.8) is 0 Å². The molecule has 0 N–H and O–H groups in total. The second-order valence-electron chi connectivity index (χ2n) is 4.91. The summed E-state index contributed by atoms with van der Waals surface area (Å²) in [6.45, 7) is 4.59. The highest BCUT2D eigenvalue weighted by Crippen LogP contribution is 2.35. The van der Waals surface area contributed by atoms with Crippen molar-refractivity contribution < 1.29 is 0 Å². The Bertz CT molecular complexity index is 531. The van der Waals surface area contributed by atoms with Crippen molar-refractivity contribution in [2.45, 2.75) is 19.8 Å². The fourth-order valence-corrected chi connectivity index (χ4v) is 2.89. The molecule has 0 radical (unpaired) electrons. The van der Waals surface area contributed by atoms with E-state index in [1.165, 1.54) is 48.3 Å². The average Bonchev–Trinajstić information content (AvgIpc) is 2.84. The normalized spacial score (nSPS) is 13.7. The topological polar surface area (TPSA) is 3.24 Å². The molecule has 0 aliphatic carbocycles. The largest absolute Gasteiger partial charge is 0.371 e. The molecule has 0 atom stereocenters. The second kappa shape index (κ2) is 4.85.